The van der Waals surface area contributed by atoms with Crippen molar-refractivity contribution in [2.75, 3.05) is 70.1 Å². The number of amides is 4. The third-order valence-electron chi connectivity index (χ3n) is 12.6. The normalized spacial score (nSPS) is 16.1. The highest BCUT2D eigenvalue weighted by atomic mass is 33.1. The van der Waals surface area contributed by atoms with E-state index in [1.165, 1.54) is 35.8 Å². The number of pyridine rings is 1. The van der Waals surface area contributed by atoms with E-state index in [0.29, 0.717) is 80.7 Å². The monoisotopic (exact) mass is 1050 g/mol. The van der Waals surface area contributed by atoms with Gasteiger partial charge in [0.05, 0.1) is 62.6 Å². The van der Waals surface area contributed by atoms with Crippen LogP contribution in [-0.4, -0.2) is 124 Å². The Bertz CT molecular complexity index is 2390. The van der Waals surface area contributed by atoms with Gasteiger partial charge in [-0.25, -0.2) is 14.6 Å². The minimum Gasteiger partial charge on any atom is -0.493 e. The summed E-state index contributed by atoms with van der Waals surface area (Å²) in [6.07, 6.45) is 4.32. The summed E-state index contributed by atoms with van der Waals surface area (Å²) in [6.45, 7) is 28.4. The first-order chi connectivity index (χ1) is 34.0. The van der Waals surface area contributed by atoms with Gasteiger partial charge in [0.2, 0.25) is 0 Å². The molecule has 2 atom stereocenters. The number of carbonyl (C=O) groups excluding carboxylic acids is 4. The van der Waals surface area contributed by atoms with Crippen LogP contribution in [0.2, 0.25) is 18.1 Å². The Morgan fingerprint density at radius 3 is 1.79 bits per heavy atom. The third kappa shape index (κ3) is 16.3. The molecule has 2 fully saturated rings. The lowest BCUT2D eigenvalue weighted by Gasteiger charge is -2.38. The lowest BCUT2D eigenvalue weighted by molar-refractivity contribution is 0.0634. The standard InChI is InChI=1S/C53H75N5O11S2Si/c1-14-37-26-35(2)32-57(37)48(59)40-29-44(64-11)46(31-42(40)56-51(62)69-52(4,5)6)66-23-19-15-18-22-65-45-30-41(55-50(61)67-24-25-70-71-47-20-16-17-21-54-47)39(28-43(45)63-10)49(60)58-33-36(3)27-38(58)34-68-72(12,13)53(7,8)9/h16-17,20-21,28-31,37-38H,2-3,14-15,18-19,22-27,32-34H2,1,4-13H3,(H,55,61)(H,56,62)/t37-,38+/m1/s1. The van der Waals surface area contributed by atoms with Crippen LogP contribution in [0.1, 0.15) is 108 Å². The number of carbonyl (C=O) groups is 4. The van der Waals surface area contributed by atoms with Crippen molar-refractivity contribution in [2.24, 2.45) is 0 Å². The van der Waals surface area contributed by atoms with Gasteiger partial charge in [-0.1, -0.05) is 68.9 Å². The number of hydrogen-bond acceptors (Lipinski definition) is 14. The molecule has 1 aromatic heterocycles. The average molecular weight is 1050 g/mol. The largest absolute Gasteiger partial charge is 0.493 e. The van der Waals surface area contributed by atoms with Gasteiger partial charge < -0.3 is 42.6 Å². The van der Waals surface area contributed by atoms with Crippen molar-refractivity contribution in [1.82, 2.24) is 14.8 Å². The van der Waals surface area contributed by atoms with Crippen LogP contribution in [0.3, 0.4) is 0 Å². The van der Waals surface area contributed by atoms with Crippen LogP contribution in [0.4, 0.5) is 21.0 Å². The molecule has 2 aliphatic heterocycles. The number of nitrogens with zero attached hydrogens (tertiary/aromatic N) is 3. The number of nitrogens with one attached hydrogen (secondary N) is 2. The van der Waals surface area contributed by atoms with Gasteiger partial charge in [0, 0.05) is 43.2 Å². The molecule has 394 valence electrons. The molecule has 72 heavy (non-hydrogen) atoms. The molecule has 5 rings (SSSR count). The summed E-state index contributed by atoms with van der Waals surface area (Å²) in [7, 11) is 3.87. The van der Waals surface area contributed by atoms with Gasteiger partial charge in [-0.05, 0) is 112 Å². The molecule has 0 saturated carbocycles. The Balaban J connectivity index is 1.26. The first-order valence-electron chi connectivity index (χ1n) is 24.5. The first kappa shape index (κ1) is 57.5. The van der Waals surface area contributed by atoms with Crippen molar-refractivity contribution >= 4 is 65.3 Å². The minimum atomic E-state index is -2.13. The second-order valence-corrected chi connectivity index (χ2v) is 27.6. The van der Waals surface area contributed by atoms with Gasteiger partial charge in [-0.15, -0.1) is 0 Å². The summed E-state index contributed by atoms with van der Waals surface area (Å²) < 4.78 is 41.6. The van der Waals surface area contributed by atoms with Gasteiger partial charge in [-0.3, -0.25) is 20.2 Å². The molecule has 0 radical (unpaired) electrons. The molecule has 3 heterocycles. The van der Waals surface area contributed by atoms with Gasteiger partial charge in [0.25, 0.3) is 11.8 Å². The number of unbranched alkanes of at least 4 members (excludes halogenated alkanes) is 2. The molecule has 2 aromatic carbocycles. The van der Waals surface area contributed by atoms with Crippen molar-refractivity contribution in [3.05, 3.63) is 84.1 Å². The molecule has 16 nitrogen and oxygen atoms in total. The average Bonchev–Trinajstić information content (AvgIpc) is 3.90. The zero-order chi connectivity index (χ0) is 52.8. The number of methoxy groups -OCH3 is 2. The van der Waals surface area contributed by atoms with E-state index in [1.807, 2.05) is 25.1 Å². The zero-order valence-electron chi connectivity index (χ0n) is 44.0. The highest BCUT2D eigenvalue weighted by Crippen LogP contribution is 2.40. The van der Waals surface area contributed by atoms with E-state index in [2.05, 4.69) is 62.6 Å². The summed E-state index contributed by atoms with van der Waals surface area (Å²) in [5.74, 6) is 1.29. The smallest absolute Gasteiger partial charge is 0.412 e. The van der Waals surface area contributed by atoms with Gasteiger partial charge >= 0.3 is 12.2 Å². The number of anilines is 2. The van der Waals surface area contributed by atoms with Crippen LogP contribution in [0.25, 0.3) is 0 Å². The summed E-state index contributed by atoms with van der Waals surface area (Å²) in [6, 6.07) is 11.8. The van der Waals surface area contributed by atoms with Crippen LogP contribution < -0.4 is 29.6 Å². The predicted molar refractivity (Wildman–Crippen MR) is 289 cm³/mol. The lowest BCUT2D eigenvalue weighted by atomic mass is 10.1. The Morgan fingerprint density at radius 1 is 0.750 bits per heavy atom. The fourth-order valence-corrected chi connectivity index (χ4v) is 10.5. The summed E-state index contributed by atoms with van der Waals surface area (Å²) in [4.78, 5) is 62.8. The van der Waals surface area contributed by atoms with Gasteiger partial charge in [0.1, 0.15) is 17.2 Å². The zero-order valence-corrected chi connectivity index (χ0v) is 46.7. The molecule has 3 aromatic rings. The number of ether oxygens (including phenoxy) is 6. The SMILES string of the molecule is C=C1C[C@@H](CO[Si](C)(C)C(C)(C)C)N(C(=O)c2cc(OC)c(OCCCCCOc3cc(NC(=O)OC(C)(C)C)c(C(=O)N4CC(=C)C[C@H]4CC)cc3OC)cc2NC(=O)OCCSSc2ccccn2)C1. The molecule has 0 aliphatic carbocycles. The molecule has 19 heteroatoms. The highest BCUT2D eigenvalue weighted by Gasteiger charge is 2.40. The maximum absolute atomic E-state index is 14.6. The van der Waals surface area contributed by atoms with Crippen molar-refractivity contribution < 1.29 is 52.0 Å². The minimum absolute atomic E-state index is 0.00679. The fraction of sp³-hybridized carbons (Fsp3) is 0.528. The van der Waals surface area contributed by atoms with Crippen LogP contribution in [0.5, 0.6) is 23.0 Å². The topological polar surface area (TPSA) is 176 Å². The highest BCUT2D eigenvalue weighted by molar-refractivity contribution is 8.76. The van der Waals surface area contributed by atoms with Crippen molar-refractivity contribution in [2.45, 2.75) is 128 Å². The molecular formula is C53H75N5O11S2Si. The van der Waals surface area contributed by atoms with E-state index >= 15 is 0 Å². The first-order valence-corrected chi connectivity index (χ1v) is 29.7. The molecule has 0 unspecified atom stereocenters. The quantitative estimate of drug-likeness (QED) is 0.0397. The Labute approximate surface area is 435 Å². The fourth-order valence-electron chi connectivity index (χ4n) is 7.77. The van der Waals surface area contributed by atoms with E-state index in [-0.39, 0.29) is 64.7 Å². The molecule has 2 N–H and O–H groups in total. The summed E-state index contributed by atoms with van der Waals surface area (Å²) in [5.41, 5.74) is 2.04. The summed E-state index contributed by atoms with van der Waals surface area (Å²) in [5, 5.41) is 6.42. The van der Waals surface area contributed by atoms with E-state index in [4.69, 9.17) is 32.8 Å². The molecular weight excluding hydrogens is 975 g/mol. The van der Waals surface area contributed by atoms with Crippen LogP contribution in [0.15, 0.2) is 78.0 Å². The third-order valence-corrected chi connectivity index (χ3v) is 19.3. The number of benzene rings is 2. The van der Waals surface area contributed by atoms with Crippen LogP contribution in [0, 0.1) is 0 Å². The Kier molecular flexibility index (Phi) is 20.8. The van der Waals surface area contributed by atoms with E-state index in [0.717, 1.165) is 29.0 Å². The van der Waals surface area contributed by atoms with E-state index in [1.54, 1.807) is 61.0 Å². The number of hydrogen-bond donors (Lipinski definition) is 2. The predicted octanol–water partition coefficient (Wildman–Crippen LogP) is 12.0. The van der Waals surface area contributed by atoms with Gasteiger partial charge in [0.15, 0.2) is 31.3 Å². The number of aromatic nitrogens is 1. The summed E-state index contributed by atoms with van der Waals surface area (Å²) >= 11 is 0. The lowest BCUT2D eigenvalue weighted by Crippen LogP contribution is -2.46. The maximum atomic E-state index is 14.6. The Morgan fingerprint density at radius 2 is 1.29 bits per heavy atom. The van der Waals surface area contributed by atoms with E-state index < -0.39 is 26.1 Å². The maximum Gasteiger partial charge on any atom is 0.412 e. The molecule has 2 aliphatic rings. The molecule has 0 spiro atoms. The second-order valence-electron chi connectivity index (χ2n) is 20.4. The van der Waals surface area contributed by atoms with Gasteiger partial charge in [-0.2, -0.15) is 0 Å². The molecule has 4 amide bonds. The Hall–Kier alpha value is -5.37. The van der Waals surface area contributed by atoms with Crippen molar-refractivity contribution in [3.8, 4) is 23.0 Å². The van der Waals surface area contributed by atoms with Crippen LogP contribution >= 0.6 is 21.6 Å². The molecule has 2 saturated heterocycles. The second kappa shape index (κ2) is 26.0. The van der Waals surface area contributed by atoms with Crippen molar-refractivity contribution in [3.63, 3.8) is 0 Å². The number of rotatable bonds is 23. The molecule has 0 bridgehead atoms. The van der Waals surface area contributed by atoms with Crippen molar-refractivity contribution in [1.29, 1.82) is 0 Å². The van der Waals surface area contributed by atoms with Crippen LogP contribution in [-0.2, 0) is 13.9 Å². The number of likely N-dealkylation sites (tertiary alicyclic amines) is 2. The van der Waals surface area contributed by atoms with E-state index in [9.17, 15) is 19.2 Å².